The summed E-state index contributed by atoms with van der Waals surface area (Å²) in [4.78, 5) is 11.6. The molecular formula is C11H13BrN4. The monoisotopic (exact) mass is 280 g/mol. The van der Waals surface area contributed by atoms with Crippen LogP contribution in [-0.4, -0.2) is 15.0 Å². The Balaban J connectivity index is 2.10. The third-order valence-electron chi connectivity index (χ3n) is 2.31. The van der Waals surface area contributed by atoms with Gasteiger partial charge in [-0.1, -0.05) is 6.92 Å². The number of H-pyrrole nitrogens is 1. The number of halogens is 1. The first-order valence-electron chi connectivity index (χ1n) is 5.17. The number of anilines is 1. The van der Waals surface area contributed by atoms with Gasteiger partial charge in [-0.2, -0.15) is 0 Å². The molecule has 2 rings (SSSR count). The molecule has 1 unspecified atom stereocenters. The first kappa shape index (κ1) is 11.1. The molecule has 0 radical (unpaired) electrons. The number of aromatic amines is 1. The maximum absolute atomic E-state index is 4.28. The molecule has 0 saturated carbocycles. The number of pyridine rings is 1. The minimum absolute atomic E-state index is 0.170. The Kier molecular flexibility index (Phi) is 3.56. The van der Waals surface area contributed by atoms with E-state index in [1.54, 1.807) is 12.4 Å². The first-order valence-corrected chi connectivity index (χ1v) is 5.96. The van der Waals surface area contributed by atoms with E-state index in [-0.39, 0.29) is 6.04 Å². The molecule has 0 spiro atoms. The van der Waals surface area contributed by atoms with E-state index in [0.717, 1.165) is 22.5 Å². The topological polar surface area (TPSA) is 53.6 Å². The second kappa shape index (κ2) is 5.12. The molecule has 1 atom stereocenters. The molecule has 0 fully saturated rings. The predicted octanol–water partition coefficient (Wildman–Crippen LogP) is 3.13. The standard InChI is InChI=1S/C11H13BrN4/c1-2-9(11-13-5-6-14-11)16-10-4-3-8(12)7-15-10/h3-7,9H,2H2,1H3,(H,13,14)(H,15,16). The largest absolute Gasteiger partial charge is 0.360 e. The van der Waals surface area contributed by atoms with Crippen LogP contribution in [0.3, 0.4) is 0 Å². The van der Waals surface area contributed by atoms with Crippen LogP contribution in [0, 0.1) is 0 Å². The second-order valence-electron chi connectivity index (χ2n) is 3.44. The SMILES string of the molecule is CCC(Nc1ccc(Br)cn1)c1ncc[nH]1. The molecule has 0 amide bonds. The lowest BCUT2D eigenvalue weighted by molar-refractivity contribution is 0.700. The van der Waals surface area contributed by atoms with E-state index >= 15 is 0 Å². The minimum Gasteiger partial charge on any atom is -0.360 e. The molecule has 4 nitrogen and oxygen atoms in total. The summed E-state index contributed by atoms with van der Waals surface area (Å²) in [5, 5.41) is 3.33. The van der Waals surface area contributed by atoms with Crippen molar-refractivity contribution in [3.8, 4) is 0 Å². The molecule has 2 aromatic rings. The van der Waals surface area contributed by atoms with E-state index in [0.29, 0.717) is 0 Å². The molecule has 2 aromatic heterocycles. The lowest BCUT2D eigenvalue weighted by atomic mass is 10.2. The number of imidazole rings is 1. The van der Waals surface area contributed by atoms with Crippen LogP contribution in [0.2, 0.25) is 0 Å². The number of nitrogens with zero attached hydrogens (tertiary/aromatic N) is 2. The zero-order valence-electron chi connectivity index (χ0n) is 8.94. The van der Waals surface area contributed by atoms with Crippen LogP contribution in [0.15, 0.2) is 35.2 Å². The van der Waals surface area contributed by atoms with E-state index in [1.165, 1.54) is 0 Å². The fraction of sp³-hybridized carbons (Fsp3) is 0.273. The van der Waals surface area contributed by atoms with Crippen molar-refractivity contribution >= 4 is 21.7 Å². The summed E-state index contributed by atoms with van der Waals surface area (Å²) in [6.45, 7) is 2.11. The highest BCUT2D eigenvalue weighted by Gasteiger charge is 2.11. The smallest absolute Gasteiger partial charge is 0.128 e. The van der Waals surface area contributed by atoms with Crippen LogP contribution in [0.25, 0.3) is 0 Å². The highest BCUT2D eigenvalue weighted by Crippen LogP contribution is 2.19. The van der Waals surface area contributed by atoms with Gasteiger partial charge < -0.3 is 10.3 Å². The maximum Gasteiger partial charge on any atom is 0.128 e. The maximum atomic E-state index is 4.28. The first-order chi connectivity index (χ1) is 7.79. The van der Waals surface area contributed by atoms with Crippen LogP contribution < -0.4 is 5.32 Å². The Morgan fingerprint density at radius 3 is 2.88 bits per heavy atom. The zero-order chi connectivity index (χ0) is 11.4. The van der Waals surface area contributed by atoms with Gasteiger partial charge >= 0.3 is 0 Å². The molecule has 2 N–H and O–H groups in total. The summed E-state index contributed by atoms with van der Waals surface area (Å²) in [6, 6.07) is 4.07. The van der Waals surface area contributed by atoms with Crippen molar-refractivity contribution in [1.29, 1.82) is 0 Å². The summed E-state index contributed by atoms with van der Waals surface area (Å²) in [7, 11) is 0. The van der Waals surface area contributed by atoms with Crippen LogP contribution in [-0.2, 0) is 0 Å². The molecule has 0 aliphatic rings. The second-order valence-corrected chi connectivity index (χ2v) is 4.36. The number of hydrogen-bond acceptors (Lipinski definition) is 3. The molecule has 0 aliphatic heterocycles. The van der Waals surface area contributed by atoms with Crippen LogP contribution in [0.1, 0.15) is 25.2 Å². The van der Waals surface area contributed by atoms with E-state index in [2.05, 4.69) is 43.1 Å². The van der Waals surface area contributed by atoms with E-state index < -0.39 is 0 Å². The molecule has 0 saturated heterocycles. The molecule has 2 heterocycles. The number of nitrogens with one attached hydrogen (secondary N) is 2. The van der Waals surface area contributed by atoms with Crippen LogP contribution >= 0.6 is 15.9 Å². The Labute approximate surface area is 103 Å². The average Bonchev–Trinajstić information content (AvgIpc) is 2.82. The quantitative estimate of drug-likeness (QED) is 0.905. The highest BCUT2D eigenvalue weighted by atomic mass is 79.9. The minimum atomic E-state index is 0.170. The van der Waals surface area contributed by atoms with Gasteiger partial charge in [0.05, 0.1) is 6.04 Å². The van der Waals surface area contributed by atoms with Gasteiger partial charge in [0.25, 0.3) is 0 Å². The highest BCUT2D eigenvalue weighted by molar-refractivity contribution is 9.10. The van der Waals surface area contributed by atoms with Gasteiger partial charge in [0.2, 0.25) is 0 Å². The molecule has 0 aliphatic carbocycles. The van der Waals surface area contributed by atoms with Crippen LogP contribution in [0.4, 0.5) is 5.82 Å². The third kappa shape index (κ3) is 2.61. The van der Waals surface area contributed by atoms with Gasteiger partial charge in [-0.05, 0) is 34.5 Å². The summed E-state index contributed by atoms with van der Waals surface area (Å²) < 4.78 is 0.976. The summed E-state index contributed by atoms with van der Waals surface area (Å²) in [6.07, 6.45) is 6.31. The Hall–Kier alpha value is -1.36. The molecule has 16 heavy (non-hydrogen) atoms. The molecule has 0 aromatic carbocycles. The number of hydrogen-bond donors (Lipinski definition) is 2. The van der Waals surface area contributed by atoms with Gasteiger partial charge in [0.15, 0.2) is 0 Å². The fourth-order valence-electron chi connectivity index (χ4n) is 1.47. The molecule has 5 heteroatoms. The Morgan fingerprint density at radius 1 is 1.44 bits per heavy atom. The van der Waals surface area contributed by atoms with Crippen molar-refractivity contribution in [2.75, 3.05) is 5.32 Å². The van der Waals surface area contributed by atoms with E-state index in [9.17, 15) is 0 Å². The summed E-state index contributed by atoms with van der Waals surface area (Å²) >= 11 is 3.36. The van der Waals surface area contributed by atoms with Crippen molar-refractivity contribution in [2.45, 2.75) is 19.4 Å². The molecular weight excluding hydrogens is 268 g/mol. The van der Waals surface area contributed by atoms with E-state index in [4.69, 9.17) is 0 Å². The van der Waals surface area contributed by atoms with Crippen molar-refractivity contribution in [3.05, 3.63) is 41.0 Å². The Bertz CT molecular complexity index is 424. The van der Waals surface area contributed by atoms with E-state index in [1.807, 2.05) is 18.3 Å². The van der Waals surface area contributed by atoms with Gasteiger partial charge in [0, 0.05) is 23.1 Å². The lowest BCUT2D eigenvalue weighted by Gasteiger charge is -2.15. The van der Waals surface area contributed by atoms with Crippen molar-refractivity contribution in [2.24, 2.45) is 0 Å². The van der Waals surface area contributed by atoms with Gasteiger partial charge in [0.1, 0.15) is 11.6 Å². The predicted molar refractivity (Wildman–Crippen MR) is 67.2 cm³/mol. The van der Waals surface area contributed by atoms with Crippen molar-refractivity contribution in [1.82, 2.24) is 15.0 Å². The summed E-state index contributed by atoms with van der Waals surface area (Å²) in [5.74, 6) is 1.79. The zero-order valence-corrected chi connectivity index (χ0v) is 10.5. The van der Waals surface area contributed by atoms with Crippen molar-refractivity contribution in [3.63, 3.8) is 0 Å². The van der Waals surface area contributed by atoms with Gasteiger partial charge in [-0.25, -0.2) is 9.97 Å². The lowest BCUT2D eigenvalue weighted by Crippen LogP contribution is -2.12. The van der Waals surface area contributed by atoms with Crippen molar-refractivity contribution < 1.29 is 0 Å². The summed E-state index contributed by atoms with van der Waals surface area (Å²) in [5.41, 5.74) is 0. The van der Waals surface area contributed by atoms with Gasteiger partial charge in [-0.15, -0.1) is 0 Å². The number of aromatic nitrogens is 3. The third-order valence-corrected chi connectivity index (χ3v) is 2.78. The normalized spacial score (nSPS) is 12.4. The van der Waals surface area contributed by atoms with Crippen LogP contribution in [0.5, 0.6) is 0 Å². The number of rotatable bonds is 4. The Morgan fingerprint density at radius 2 is 2.31 bits per heavy atom. The molecule has 84 valence electrons. The fourth-order valence-corrected chi connectivity index (χ4v) is 1.71. The van der Waals surface area contributed by atoms with Gasteiger partial charge in [-0.3, -0.25) is 0 Å². The molecule has 0 bridgehead atoms. The average molecular weight is 281 g/mol.